The number of thiophene rings is 1. The van der Waals surface area contributed by atoms with Gasteiger partial charge in [-0.2, -0.15) is 0 Å². The topological polar surface area (TPSA) is 55.1 Å². The summed E-state index contributed by atoms with van der Waals surface area (Å²) in [5, 5.41) is 4.68. The number of nitrogens with one attached hydrogen (secondary N) is 1. The second-order valence-electron chi connectivity index (χ2n) is 4.73. The van der Waals surface area contributed by atoms with Gasteiger partial charge in [0.1, 0.15) is 11.9 Å². The van der Waals surface area contributed by atoms with E-state index in [-0.39, 0.29) is 17.8 Å². The van der Waals surface area contributed by atoms with Crippen molar-refractivity contribution in [1.29, 1.82) is 0 Å². The van der Waals surface area contributed by atoms with E-state index in [1.54, 1.807) is 19.1 Å². The van der Waals surface area contributed by atoms with Gasteiger partial charge in [0, 0.05) is 4.88 Å². The van der Waals surface area contributed by atoms with E-state index in [0.29, 0.717) is 5.56 Å². The van der Waals surface area contributed by atoms with Crippen LogP contribution in [0.2, 0.25) is 0 Å². The van der Waals surface area contributed by atoms with Crippen molar-refractivity contribution in [3.05, 3.63) is 57.5 Å². The third-order valence-corrected chi connectivity index (χ3v) is 4.14. The van der Waals surface area contributed by atoms with Crippen molar-refractivity contribution < 1.29 is 9.18 Å². The van der Waals surface area contributed by atoms with Crippen LogP contribution in [-0.4, -0.2) is 5.91 Å². The lowest BCUT2D eigenvalue weighted by Crippen LogP contribution is -2.35. The molecule has 1 aromatic carbocycles. The molecular formula is C15H17FN2OS. The Morgan fingerprint density at radius 3 is 2.75 bits per heavy atom. The van der Waals surface area contributed by atoms with Gasteiger partial charge in [0.15, 0.2) is 0 Å². The molecule has 1 heterocycles. The van der Waals surface area contributed by atoms with Crippen molar-refractivity contribution in [1.82, 2.24) is 5.32 Å². The average Bonchev–Trinajstić information content (AvgIpc) is 2.94. The van der Waals surface area contributed by atoms with Crippen molar-refractivity contribution >= 4 is 17.2 Å². The Bertz CT molecular complexity index is 598. The molecule has 20 heavy (non-hydrogen) atoms. The zero-order chi connectivity index (χ0) is 14.7. The van der Waals surface area contributed by atoms with E-state index in [1.165, 1.54) is 17.4 Å². The van der Waals surface area contributed by atoms with Gasteiger partial charge in [0.25, 0.3) is 0 Å². The van der Waals surface area contributed by atoms with Crippen molar-refractivity contribution in [3.8, 4) is 0 Å². The molecule has 0 saturated heterocycles. The van der Waals surface area contributed by atoms with Gasteiger partial charge in [0.2, 0.25) is 5.91 Å². The smallest absolute Gasteiger partial charge is 0.242 e. The molecule has 0 bridgehead atoms. The molecule has 0 saturated carbocycles. The summed E-state index contributed by atoms with van der Waals surface area (Å²) >= 11 is 1.44. The fourth-order valence-electron chi connectivity index (χ4n) is 1.86. The molecule has 1 aromatic heterocycles. The molecular weight excluding hydrogens is 275 g/mol. The largest absolute Gasteiger partial charge is 0.348 e. The number of benzene rings is 1. The molecule has 0 radical (unpaired) electrons. The van der Waals surface area contributed by atoms with Crippen molar-refractivity contribution in [2.75, 3.05) is 0 Å². The molecule has 106 valence electrons. The molecule has 0 aliphatic carbocycles. The Labute approximate surface area is 121 Å². The second kappa shape index (κ2) is 6.15. The maximum absolute atomic E-state index is 13.5. The highest BCUT2D eigenvalue weighted by Crippen LogP contribution is 2.20. The van der Waals surface area contributed by atoms with E-state index in [9.17, 15) is 9.18 Å². The minimum Gasteiger partial charge on any atom is -0.348 e. The van der Waals surface area contributed by atoms with Crippen LogP contribution < -0.4 is 11.1 Å². The standard InChI is InChI=1S/C15H17FN2OS/c1-9-5-6-11(8-12(9)16)10(2)18-15(19)14(17)13-4-3-7-20-13/h3-8,10,14H,17H2,1-2H3,(H,18,19). The predicted octanol–water partition coefficient (Wildman–Crippen LogP) is 3.07. The molecule has 2 unspecified atom stereocenters. The molecule has 5 heteroatoms. The number of nitrogens with two attached hydrogens (primary N) is 1. The van der Waals surface area contributed by atoms with Crippen molar-refractivity contribution in [2.45, 2.75) is 25.9 Å². The molecule has 1 amide bonds. The van der Waals surface area contributed by atoms with Gasteiger partial charge in [-0.1, -0.05) is 18.2 Å². The van der Waals surface area contributed by atoms with Crippen LogP contribution in [0.3, 0.4) is 0 Å². The number of hydrogen-bond donors (Lipinski definition) is 2. The maximum atomic E-state index is 13.5. The van der Waals surface area contributed by atoms with Crippen LogP contribution >= 0.6 is 11.3 Å². The van der Waals surface area contributed by atoms with Gasteiger partial charge in [-0.25, -0.2) is 4.39 Å². The Hall–Kier alpha value is -1.72. The number of amides is 1. The molecule has 3 N–H and O–H groups in total. The summed E-state index contributed by atoms with van der Waals surface area (Å²) in [6.07, 6.45) is 0. The Morgan fingerprint density at radius 2 is 2.15 bits per heavy atom. The molecule has 0 aliphatic rings. The van der Waals surface area contributed by atoms with E-state index in [1.807, 2.05) is 24.4 Å². The van der Waals surface area contributed by atoms with E-state index >= 15 is 0 Å². The van der Waals surface area contributed by atoms with Gasteiger partial charge in [-0.3, -0.25) is 4.79 Å². The van der Waals surface area contributed by atoms with Gasteiger partial charge in [0.05, 0.1) is 6.04 Å². The van der Waals surface area contributed by atoms with Crippen LogP contribution in [-0.2, 0) is 4.79 Å². The number of rotatable bonds is 4. The van der Waals surface area contributed by atoms with Gasteiger partial charge >= 0.3 is 0 Å². The lowest BCUT2D eigenvalue weighted by atomic mass is 10.1. The van der Waals surface area contributed by atoms with E-state index in [0.717, 1.165) is 10.4 Å². The monoisotopic (exact) mass is 292 g/mol. The first kappa shape index (κ1) is 14.7. The summed E-state index contributed by atoms with van der Waals surface area (Å²) in [7, 11) is 0. The molecule has 0 fully saturated rings. The molecule has 3 nitrogen and oxygen atoms in total. The van der Waals surface area contributed by atoms with Gasteiger partial charge in [-0.15, -0.1) is 11.3 Å². The fourth-order valence-corrected chi connectivity index (χ4v) is 2.59. The van der Waals surface area contributed by atoms with Crippen LogP contribution in [0.25, 0.3) is 0 Å². The molecule has 2 atom stereocenters. The number of carbonyl (C=O) groups is 1. The third-order valence-electron chi connectivity index (χ3n) is 3.19. The number of hydrogen-bond acceptors (Lipinski definition) is 3. The zero-order valence-corrected chi connectivity index (χ0v) is 12.2. The summed E-state index contributed by atoms with van der Waals surface area (Å²) in [6.45, 7) is 3.51. The minimum atomic E-state index is -0.687. The molecule has 0 spiro atoms. The fraction of sp³-hybridized carbons (Fsp3) is 0.267. The van der Waals surface area contributed by atoms with E-state index in [4.69, 9.17) is 5.73 Å². The Balaban J connectivity index is 2.05. The maximum Gasteiger partial charge on any atom is 0.242 e. The summed E-state index contributed by atoms with van der Waals surface area (Å²) in [6, 6.07) is 7.65. The first-order valence-corrected chi connectivity index (χ1v) is 7.22. The number of aryl methyl sites for hydroxylation is 1. The van der Waals surface area contributed by atoms with Crippen LogP contribution in [0.1, 0.15) is 35.0 Å². The SMILES string of the molecule is Cc1ccc(C(C)NC(=O)C(N)c2cccs2)cc1F. The highest BCUT2D eigenvalue weighted by Gasteiger charge is 2.19. The highest BCUT2D eigenvalue weighted by atomic mass is 32.1. The summed E-state index contributed by atoms with van der Waals surface area (Å²) in [4.78, 5) is 12.9. The quantitative estimate of drug-likeness (QED) is 0.910. The summed E-state index contributed by atoms with van der Waals surface area (Å²) in [5.41, 5.74) is 7.20. The predicted molar refractivity (Wildman–Crippen MR) is 78.9 cm³/mol. The molecule has 2 rings (SSSR count). The highest BCUT2D eigenvalue weighted by molar-refractivity contribution is 7.10. The van der Waals surface area contributed by atoms with Crippen LogP contribution in [0.5, 0.6) is 0 Å². The van der Waals surface area contributed by atoms with E-state index < -0.39 is 6.04 Å². The minimum absolute atomic E-state index is 0.263. The molecule has 0 aliphatic heterocycles. The number of halogens is 1. The van der Waals surface area contributed by atoms with Crippen molar-refractivity contribution in [2.24, 2.45) is 5.73 Å². The van der Waals surface area contributed by atoms with Gasteiger partial charge in [-0.05, 0) is 42.5 Å². The van der Waals surface area contributed by atoms with Crippen molar-refractivity contribution in [3.63, 3.8) is 0 Å². The first-order valence-electron chi connectivity index (χ1n) is 6.34. The number of carbonyl (C=O) groups excluding carboxylic acids is 1. The zero-order valence-electron chi connectivity index (χ0n) is 11.4. The second-order valence-corrected chi connectivity index (χ2v) is 5.71. The van der Waals surface area contributed by atoms with E-state index in [2.05, 4.69) is 5.32 Å². The van der Waals surface area contributed by atoms with Gasteiger partial charge < -0.3 is 11.1 Å². The first-order chi connectivity index (χ1) is 9.49. The average molecular weight is 292 g/mol. The summed E-state index contributed by atoms with van der Waals surface area (Å²) in [5.74, 6) is -0.535. The van der Waals surface area contributed by atoms with Crippen LogP contribution in [0, 0.1) is 12.7 Å². The Kier molecular flexibility index (Phi) is 4.52. The lowest BCUT2D eigenvalue weighted by Gasteiger charge is -2.17. The lowest BCUT2D eigenvalue weighted by molar-refractivity contribution is -0.123. The molecule has 2 aromatic rings. The van der Waals surface area contributed by atoms with Crippen LogP contribution in [0.15, 0.2) is 35.7 Å². The third kappa shape index (κ3) is 3.23. The summed E-state index contributed by atoms with van der Waals surface area (Å²) < 4.78 is 13.5. The van der Waals surface area contributed by atoms with Crippen LogP contribution in [0.4, 0.5) is 4.39 Å². The normalized spacial score (nSPS) is 13.8. The Morgan fingerprint density at radius 1 is 1.40 bits per heavy atom.